The molecule has 0 unspecified atom stereocenters. The van der Waals surface area contributed by atoms with E-state index in [1.165, 1.54) is 0 Å². The van der Waals surface area contributed by atoms with E-state index in [1.807, 2.05) is 36.6 Å². The maximum absolute atomic E-state index is 5.44. The van der Waals surface area contributed by atoms with E-state index in [0.717, 1.165) is 11.4 Å². The van der Waals surface area contributed by atoms with Crippen LogP contribution in [-0.2, 0) is 4.74 Å². The van der Waals surface area contributed by atoms with Crippen molar-refractivity contribution in [2.24, 2.45) is 10.1 Å². The summed E-state index contributed by atoms with van der Waals surface area (Å²) in [4.78, 5) is 4.41. The first-order valence-corrected chi connectivity index (χ1v) is 4.74. The maximum Gasteiger partial charge on any atom is 0.224 e. The van der Waals surface area contributed by atoms with Crippen molar-refractivity contribution in [2.45, 2.75) is 0 Å². The van der Waals surface area contributed by atoms with Crippen LogP contribution in [0.3, 0.4) is 0 Å². The molecule has 0 aliphatic carbocycles. The third kappa shape index (κ3) is 1.40. The Morgan fingerprint density at radius 3 is 3.27 bits per heavy atom. The summed E-state index contributed by atoms with van der Waals surface area (Å²) in [5.41, 5.74) is 0.907. The second-order valence-corrected chi connectivity index (χ2v) is 3.23. The number of hydrogen-bond acceptors (Lipinski definition) is 4. The quantitative estimate of drug-likeness (QED) is 0.593. The van der Waals surface area contributed by atoms with Gasteiger partial charge in [-0.15, -0.1) is 0 Å². The zero-order valence-corrected chi connectivity index (χ0v) is 8.00. The average molecular weight is 199 g/mol. The van der Waals surface area contributed by atoms with Gasteiger partial charge in [0.15, 0.2) is 5.84 Å². The smallest absolute Gasteiger partial charge is 0.224 e. The van der Waals surface area contributed by atoms with Gasteiger partial charge in [-0.3, -0.25) is 0 Å². The normalized spacial score (nSPS) is 21.9. The first kappa shape index (κ1) is 8.23. The SMILES string of the molecule is C1=CC2=NC3=C(C=CCO3)C=NN2C=C1. The average Bonchev–Trinajstić information content (AvgIpc) is 2.48. The van der Waals surface area contributed by atoms with Crippen LogP contribution in [0.25, 0.3) is 0 Å². The lowest BCUT2D eigenvalue weighted by Crippen LogP contribution is -2.19. The summed E-state index contributed by atoms with van der Waals surface area (Å²) in [6, 6.07) is 0. The number of rotatable bonds is 0. The van der Waals surface area contributed by atoms with Gasteiger partial charge in [-0.1, -0.05) is 6.08 Å². The molecule has 0 aromatic carbocycles. The molecule has 0 spiro atoms. The first-order chi connectivity index (χ1) is 7.43. The second-order valence-electron chi connectivity index (χ2n) is 3.23. The van der Waals surface area contributed by atoms with Gasteiger partial charge < -0.3 is 4.74 Å². The molecule has 3 aliphatic heterocycles. The van der Waals surface area contributed by atoms with Crippen molar-refractivity contribution >= 4 is 12.1 Å². The maximum atomic E-state index is 5.44. The number of amidine groups is 1. The lowest BCUT2D eigenvalue weighted by molar-refractivity contribution is 0.239. The van der Waals surface area contributed by atoms with Crippen molar-refractivity contribution in [3.05, 3.63) is 48.0 Å². The van der Waals surface area contributed by atoms with Crippen LogP contribution in [0.15, 0.2) is 58.1 Å². The van der Waals surface area contributed by atoms with Crippen LogP contribution in [0, 0.1) is 0 Å². The zero-order chi connectivity index (χ0) is 10.1. The van der Waals surface area contributed by atoms with E-state index in [2.05, 4.69) is 10.1 Å². The van der Waals surface area contributed by atoms with Crippen LogP contribution in [-0.4, -0.2) is 23.7 Å². The lowest BCUT2D eigenvalue weighted by atomic mass is 10.2. The van der Waals surface area contributed by atoms with Gasteiger partial charge in [0.25, 0.3) is 0 Å². The zero-order valence-electron chi connectivity index (χ0n) is 8.00. The molecule has 3 rings (SSSR count). The van der Waals surface area contributed by atoms with Crippen molar-refractivity contribution in [1.29, 1.82) is 0 Å². The molecule has 0 saturated heterocycles. The molecule has 4 heteroatoms. The Balaban J connectivity index is 2.08. The largest absolute Gasteiger partial charge is 0.473 e. The second kappa shape index (κ2) is 3.24. The first-order valence-electron chi connectivity index (χ1n) is 4.74. The molecule has 0 fully saturated rings. The molecule has 0 bridgehead atoms. The number of aliphatic imine (C=N–C) groups is 1. The summed E-state index contributed by atoms with van der Waals surface area (Å²) < 4.78 is 5.44. The predicted octanol–water partition coefficient (Wildman–Crippen LogP) is 1.57. The topological polar surface area (TPSA) is 37.2 Å². The number of ether oxygens (including phenoxy) is 1. The van der Waals surface area contributed by atoms with Crippen LogP contribution < -0.4 is 0 Å². The van der Waals surface area contributed by atoms with Crippen molar-refractivity contribution in [3.8, 4) is 0 Å². The number of fused-ring (bicyclic) bond motifs is 1. The molecule has 0 aromatic rings. The Morgan fingerprint density at radius 2 is 2.27 bits per heavy atom. The standard InChI is InChI=1S/C11H9N3O/c1-2-6-14-10(5-1)13-11-9(8-12-14)4-3-7-15-11/h1-6,8H,7H2. The Morgan fingerprint density at radius 1 is 1.27 bits per heavy atom. The molecule has 0 atom stereocenters. The van der Waals surface area contributed by atoms with Gasteiger partial charge >= 0.3 is 0 Å². The molecule has 74 valence electrons. The third-order valence-electron chi connectivity index (χ3n) is 2.22. The van der Waals surface area contributed by atoms with Gasteiger partial charge in [0.2, 0.25) is 5.88 Å². The molecular weight excluding hydrogens is 190 g/mol. The van der Waals surface area contributed by atoms with Crippen LogP contribution in [0.4, 0.5) is 0 Å². The highest BCUT2D eigenvalue weighted by Crippen LogP contribution is 2.18. The predicted molar refractivity (Wildman–Crippen MR) is 58.2 cm³/mol. The van der Waals surface area contributed by atoms with Gasteiger partial charge in [-0.2, -0.15) is 10.1 Å². The Hall–Kier alpha value is -2.10. The van der Waals surface area contributed by atoms with Gasteiger partial charge in [-0.25, -0.2) is 5.01 Å². The van der Waals surface area contributed by atoms with E-state index in [1.54, 1.807) is 11.2 Å². The van der Waals surface area contributed by atoms with E-state index in [4.69, 9.17) is 4.74 Å². The minimum atomic E-state index is 0.572. The highest BCUT2D eigenvalue weighted by Gasteiger charge is 2.15. The van der Waals surface area contributed by atoms with Gasteiger partial charge in [-0.05, 0) is 24.3 Å². The molecule has 15 heavy (non-hydrogen) atoms. The monoisotopic (exact) mass is 199 g/mol. The Labute approximate surface area is 87.2 Å². The summed E-state index contributed by atoms with van der Waals surface area (Å²) in [5.74, 6) is 1.41. The highest BCUT2D eigenvalue weighted by molar-refractivity contribution is 5.98. The van der Waals surface area contributed by atoms with Crippen molar-refractivity contribution in [3.63, 3.8) is 0 Å². The van der Waals surface area contributed by atoms with E-state index in [0.29, 0.717) is 12.5 Å². The number of hydrogen-bond donors (Lipinski definition) is 0. The Bertz CT molecular complexity index is 466. The van der Waals surface area contributed by atoms with Crippen LogP contribution >= 0.6 is 0 Å². The van der Waals surface area contributed by atoms with Crippen molar-refractivity contribution in [1.82, 2.24) is 5.01 Å². The molecule has 0 N–H and O–H groups in total. The van der Waals surface area contributed by atoms with Gasteiger partial charge in [0, 0.05) is 6.20 Å². The fourth-order valence-electron chi connectivity index (χ4n) is 1.49. The van der Waals surface area contributed by atoms with Crippen molar-refractivity contribution in [2.75, 3.05) is 6.61 Å². The summed E-state index contributed by atoms with van der Waals surface area (Å²) in [5, 5.41) is 6.00. The van der Waals surface area contributed by atoms with E-state index in [-0.39, 0.29) is 0 Å². The third-order valence-corrected chi connectivity index (χ3v) is 2.22. The van der Waals surface area contributed by atoms with E-state index < -0.39 is 0 Å². The molecule has 0 aromatic heterocycles. The molecule has 4 nitrogen and oxygen atoms in total. The van der Waals surface area contributed by atoms with Gasteiger partial charge in [0.05, 0.1) is 11.8 Å². The van der Waals surface area contributed by atoms with Gasteiger partial charge in [0.1, 0.15) is 6.61 Å². The highest BCUT2D eigenvalue weighted by atomic mass is 16.5. The molecule has 3 heterocycles. The lowest BCUT2D eigenvalue weighted by Gasteiger charge is -2.14. The molecule has 0 radical (unpaired) electrons. The summed E-state index contributed by atoms with van der Waals surface area (Å²) >= 11 is 0. The summed E-state index contributed by atoms with van der Waals surface area (Å²) in [6.07, 6.45) is 13.3. The fourth-order valence-corrected chi connectivity index (χ4v) is 1.49. The van der Waals surface area contributed by atoms with Crippen molar-refractivity contribution < 1.29 is 4.74 Å². The molecule has 0 saturated carbocycles. The van der Waals surface area contributed by atoms with Crippen LogP contribution in [0.2, 0.25) is 0 Å². The summed E-state index contributed by atoms with van der Waals surface area (Å²) in [6.45, 7) is 0.572. The fraction of sp³-hybridized carbons (Fsp3) is 0.0909. The molecular formula is C11H9N3O. The van der Waals surface area contributed by atoms with E-state index >= 15 is 0 Å². The van der Waals surface area contributed by atoms with Crippen LogP contribution in [0.5, 0.6) is 0 Å². The molecule has 3 aliphatic rings. The van der Waals surface area contributed by atoms with Crippen LogP contribution in [0.1, 0.15) is 0 Å². The minimum Gasteiger partial charge on any atom is -0.473 e. The minimum absolute atomic E-state index is 0.572. The van der Waals surface area contributed by atoms with E-state index in [9.17, 15) is 0 Å². The number of hydrazone groups is 1. The number of nitrogens with zero attached hydrogens (tertiary/aromatic N) is 3. The number of allylic oxidation sites excluding steroid dienone is 4. The summed E-state index contributed by atoms with van der Waals surface area (Å²) in [7, 11) is 0. The molecule has 0 amide bonds. The Kier molecular flexibility index (Phi) is 1.78.